The van der Waals surface area contributed by atoms with Crippen LogP contribution in [-0.4, -0.2) is 61.2 Å². The maximum Gasteiger partial charge on any atom is 0.244 e. The van der Waals surface area contributed by atoms with Gasteiger partial charge >= 0.3 is 0 Å². The number of hydrogen-bond donors (Lipinski definition) is 1. The second kappa shape index (κ2) is 7.37. The first kappa shape index (κ1) is 17.8. The molecular weight excluding hydrogens is 316 g/mol. The van der Waals surface area contributed by atoms with Crippen molar-refractivity contribution in [3.8, 4) is 0 Å². The van der Waals surface area contributed by atoms with Gasteiger partial charge in [0.05, 0.1) is 6.54 Å². The molecule has 2 atom stereocenters. The van der Waals surface area contributed by atoms with E-state index >= 15 is 0 Å². The Morgan fingerprint density at radius 1 is 1.57 bits per heavy atom. The number of rotatable bonds is 5. The summed E-state index contributed by atoms with van der Waals surface area (Å²) in [5.74, 6) is 0.0817. The molecule has 7 nitrogen and oxygen atoms in total. The van der Waals surface area contributed by atoms with E-state index in [0.29, 0.717) is 13.1 Å². The van der Waals surface area contributed by atoms with E-state index < -0.39 is 10.0 Å². The molecule has 2 unspecified atom stereocenters. The molecule has 128 valence electrons. The first-order valence-corrected chi connectivity index (χ1v) is 9.16. The van der Waals surface area contributed by atoms with Crippen LogP contribution in [0.2, 0.25) is 0 Å². The molecule has 23 heavy (non-hydrogen) atoms. The Kier molecular flexibility index (Phi) is 5.72. The average molecular weight is 340 g/mol. The minimum Gasteiger partial charge on any atom is -0.341 e. The van der Waals surface area contributed by atoms with Gasteiger partial charge < -0.3 is 10.6 Å². The van der Waals surface area contributed by atoms with Crippen molar-refractivity contribution in [1.82, 2.24) is 14.2 Å². The quantitative estimate of drug-likeness (QED) is 0.831. The number of pyridine rings is 1. The van der Waals surface area contributed by atoms with Gasteiger partial charge in [0.1, 0.15) is 4.90 Å². The van der Waals surface area contributed by atoms with Crippen LogP contribution in [-0.2, 0) is 14.8 Å². The third-order valence-electron chi connectivity index (χ3n) is 4.25. The Balaban J connectivity index is 2.02. The third-order valence-corrected chi connectivity index (χ3v) is 6.04. The summed E-state index contributed by atoms with van der Waals surface area (Å²) in [4.78, 5) is 18.0. The molecule has 1 amide bonds. The van der Waals surface area contributed by atoms with Crippen molar-refractivity contribution in [1.29, 1.82) is 0 Å². The minimum absolute atomic E-state index is 0.0301. The number of sulfonamides is 1. The van der Waals surface area contributed by atoms with E-state index in [2.05, 4.69) is 4.98 Å². The summed E-state index contributed by atoms with van der Waals surface area (Å²) in [6.07, 6.45) is 4.69. The van der Waals surface area contributed by atoms with Gasteiger partial charge in [-0.05, 0) is 37.8 Å². The van der Waals surface area contributed by atoms with Crippen molar-refractivity contribution in [3.63, 3.8) is 0 Å². The Hall–Kier alpha value is -1.51. The number of likely N-dealkylation sites (tertiary alicyclic amines) is 1. The summed E-state index contributed by atoms with van der Waals surface area (Å²) < 4.78 is 25.9. The summed E-state index contributed by atoms with van der Waals surface area (Å²) in [5.41, 5.74) is 5.92. The first-order chi connectivity index (χ1) is 10.8. The second-order valence-corrected chi connectivity index (χ2v) is 8.10. The number of amides is 1. The van der Waals surface area contributed by atoms with Gasteiger partial charge in [0, 0.05) is 38.6 Å². The minimum atomic E-state index is -3.70. The largest absolute Gasteiger partial charge is 0.341 e. The summed E-state index contributed by atoms with van der Waals surface area (Å²) in [7, 11) is -2.29. The van der Waals surface area contributed by atoms with Gasteiger partial charge in [-0.15, -0.1) is 0 Å². The van der Waals surface area contributed by atoms with Crippen molar-refractivity contribution in [2.24, 2.45) is 11.7 Å². The molecule has 1 aromatic heterocycles. The lowest BCUT2D eigenvalue weighted by Gasteiger charge is -2.35. The highest BCUT2D eigenvalue weighted by molar-refractivity contribution is 7.89. The number of likely N-dealkylation sites (N-methyl/N-ethyl adjacent to an activating group) is 1. The number of nitrogens with zero attached hydrogens (tertiary/aromatic N) is 3. The van der Waals surface area contributed by atoms with Gasteiger partial charge in [-0.1, -0.05) is 0 Å². The predicted molar refractivity (Wildman–Crippen MR) is 87.0 cm³/mol. The Bertz CT molecular complexity index is 633. The Labute approximate surface area is 137 Å². The van der Waals surface area contributed by atoms with Crippen molar-refractivity contribution in [3.05, 3.63) is 24.5 Å². The lowest BCUT2D eigenvalue weighted by molar-refractivity contribution is -0.133. The van der Waals surface area contributed by atoms with Crippen molar-refractivity contribution >= 4 is 15.9 Å². The maximum absolute atomic E-state index is 12.4. The Morgan fingerprint density at radius 3 is 2.91 bits per heavy atom. The van der Waals surface area contributed by atoms with Crippen LogP contribution >= 0.6 is 0 Å². The number of aromatic nitrogens is 1. The molecule has 0 spiro atoms. The van der Waals surface area contributed by atoms with E-state index in [1.165, 1.54) is 25.5 Å². The van der Waals surface area contributed by atoms with E-state index in [9.17, 15) is 13.2 Å². The molecule has 0 bridgehead atoms. The van der Waals surface area contributed by atoms with Gasteiger partial charge in [0.2, 0.25) is 15.9 Å². The van der Waals surface area contributed by atoms with Crippen LogP contribution in [0.15, 0.2) is 29.4 Å². The zero-order valence-electron chi connectivity index (χ0n) is 13.6. The zero-order valence-corrected chi connectivity index (χ0v) is 14.4. The van der Waals surface area contributed by atoms with Gasteiger partial charge in [0.15, 0.2) is 0 Å². The summed E-state index contributed by atoms with van der Waals surface area (Å²) in [6, 6.07) is 3.05. The molecule has 2 N–H and O–H groups in total. The zero-order chi connectivity index (χ0) is 17.0. The molecule has 1 aromatic rings. The number of carbonyl (C=O) groups excluding carboxylic acids is 1. The van der Waals surface area contributed by atoms with Gasteiger partial charge in [-0.3, -0.25) is 9.78 Å². The second-order valence-electron chi connectivity index (χ2n) is 6.05. The lowest BCUT2D eigenvalue weighted by atomic mass is 9.92. The van der Waals surface area contributed by atoms with Crippen LogP contribution < -0.4 is 5.73 Å². The van der Waals surface area contributed by atoms with E-state index in [4.69, 9.17) is 5.73 Å². The van der Waals surface area contributed by atoms with E-state index in [0.717, 1.165) is 17.1 Å². The number of hydrogen-bond acceptors (Lipinski definition) is 5. The molecule has 0 saturated carbocycles. The van der Waals surface area contributed by atoms with Gasteiger partial charge in [-0.25, -0.2) is 8.42 Å². The molecule has 2 rings (SSSR count). The highest BCUT2D eigenvalue weighted by Gasteiger charge is 2.29. The molecule has 1 saturated heterocycles. The predicted octanol–water partition coefficient (Wildman–Crippen LogP) is 0.288. The SMILES string of the molecule is CC(N)C1CCCN(C(=O)CN(C)S(=O)(=O)c2cccnc2)C1. The van der Waals surface area contributed by atoms with Crippen molar-refractivity contribution < 1.29 is 13.2 Å². The van der Waals surface area contributed by atoms with E-state index in [1.807, 2.05) is 6.92 Å². The fourth-order valence-corrected chi connectivity index (χ4v) is 3.81. The molecule has 1 fully saturated rings. The molecule has 0 radical (unpaired) electrons. The lowest BCUT2D eigenvalue weighted by Crippen LogP contribution is -2.48. The first-order valence-electron chi connectivity index (χ1n) is 7.72. The van der Waals surface area contributed by atoms with Crippen LogP contribution in [0.25, 0.3) is 0 Å². The molecule has 1 aliphatic heterocycles. The summed E-state index contributed by atoms with van der Waals surface area (Å²) >= 11 is 0. The molecule has 2 heterocycles. The Morgan fingerprint density at radius 2 is 2.30 bits per heavy atom. The summed E-state index contributed by atoms with van der Waals surface area (Å²) in [6.45, 7) is 3.01. The monoisotopic (exact) mass is 340 g/mol. The normalized spacial score (nSPS) is 20.5. The molecule has 1 aliphatic rings. The van der Waals surface area contributed by atoms with Crippen LogP contribution in [0.5, 0.6) is 0 Å². The van der Waals surface area contributed by atoms with Crippen LogP contribution in [0.1, 0.15) is 19.8 Å². The topological polar surface area (TPSA) is 96.6 Å². The molecule has 0 aromatic carbocycles. The highest BCUT2D eigenvalue weighted by atomic mass is 32.2. The highest BCUT2D eigenvalue weighted by Crippen LogP contribution is 2.19. The van der Waals surface area contributed by atoms with Crippen molar-refractivity contribution in [2.45, 2.75) is 30.7 Å². The number of piperidine rings is 1. The number of nitrogens with two attached hydrogens (primary N) is 1. The standard InChI is InChI=1S/C15H24N4O3S/c1-12(16)13-5-4-8-19(10-13)15(20)11-18(2)23(21,22)14-6-3-7-17-9-14/h3,6-7,9,12-13H,4-5,8,10-11,16H2,1-2H3. The third kappa shape index (κ3) is 4.27. The fourth-order valence-electron chi connectivity index (χ4n) is 2.72. The number of carbonyl (C=O) groups is 1. The molecule has 8 heteroatoms. The fraction of sp³-hybridized carbons (Fsp3) is 0.600. The van der Waals surface area contributed by atoms with Crippen molar-refractivity contribution in [2.75, 3.05) is 26.7 Å². The smallest absolute Gasteiger partial charge is 0.244 e. The van der Waals surface area contributed by atoms with Crippen LogP contribution in [0.3, 0.4) is 0 Å². The average Bonchev–Trinajstić information content (AvgIpc) is 2.55. The molecule has 0 aliphatic carbocycles. The van der Waals surface area contributed by atoms with E-state index in [-0.39, 0.29) is 29.3 Å². The maximum atomic E-state index is 12.4. The molecular formula is C15H24N4O3S. The van der Waals surface area contributed by atoms with E-state index in [1.54, 1.807) is 11.0 Å². The summed E-state index contributed by atoms with van der Waals surface area (Å²) in [5, 5.41) is 0. The van der Waals surface area contributed by atoms with Crippen LogP contribution in [0.4, 0.5) is 0 Å². The van der Waals surface area contributed by atoms with Crippen LogP contribution in [0, 0.1) is 5.92 Å². The van der Waals surface area contributed by atoms with Gasteiger partial charge in [-0.2, -0.15) is 4.31 Å². The van der Waals surface area contributed by atoms with Gasteiger partial charge in [0.25, 0.3) is 0 Å².